The first-order valence-electron chi connectivity index (χ1n) is 8.96. The summed E-state index contributed by atoms with van der Waals surface area (Å²) >= 11 is 1.56. The van der Waals surface area contributed by atoms with E-state index in [1.54, 1.807) is 35.5 Å². The zero-order chi connectivity index (χ0) is 19.4. The molecule has 1 heterocycles. The van der Waals surface area contributed by atoms with E-state index in [0.29, 0.717) is 12.1 Å². The summed E-state index contributed by atoms with van der Waals surface area (Å²) in [6.07, 6.45) is 0.879. The van der Waals surface area contributed by atoms with E-state index in [9.17, 15) is 4.79 Å². The van der Waals surface area contributed by atoms with E-state index in [1.165, 1.54) is 0 Å². The summed E-state index contributed by atoms with van der Waals surface area (Å²) in [5, 5.41) is 0.749. The molecule has 0 aliphatic carbocycles. The lowest BCUT2D eigenvalue weighted by Crippen LogP contribution is -2.33. The highest BCUT2D eigenvalue weighted by Gasteiger charge is 2.21. The van der Waals surface area contributed by atoms with Gasteiger partial charge in [0.25, 0.3) is 5.91 Å². The number of aromatic nitrogens is 1. The minimum absolute atomic E-state index is 0.0341. The van der Waals surface area contributed by atoms with Crippen LogP contribution in [0.1, 0.15) is 22.3 Å². The molecular formula is C21H25N3O2S. The van der Waals surface area contributed by atoms with E-state index in [0.717, 1.165) is 39.6 Å². The number of thiazole rings is 1. The van der Waals surface area contributed by atoms with Gasteiger partial charge in [-0.3, -0.25) is 9.69 Å². The van der Waals surface area contributed by atoms with Gasteiger partial charge >= 0.3 is 0 Å². The van der Waals surface area contributed by atoms with Crippen molar-refractivity contribution < 1.29 is 9.53 Å². The molecule has 3 rings (SSSR count). The van der Waals surface area contributed by atoms with Gasteiger partial charge in [0, 0.05) is 12.1 Å². The first kappa shape index (κ1) is 19.3. The summed E-state index contributed by atoms with van der Waals surface area (Å²) in [6, 6.07) is 13.4. The molecule has 1 aromatic heterocycles. The van der Waals surface area contributed by atoms with Gasteiger partial charge in [0.1, 0.15) is 5.75 Å². The molecule has 6 heteroatoms. The number of carbonyl (C=O) groups excluding carboxylic acids is 1. The molecule has 3 aromatic rings. The number of methoxy groups -OCH3 is 1. The maximum atomic E-state index is 13.2. The van der Waals surface area contributed by atoms with Crippen LogP contribution < -0.4 is 9.64 Å². The molecule has 0 aliphatic heterocycles. The van der Waals surface area contributed by atoms with Gasteiger partial charge in [-0.15, -0.1) is 0 Å². The number of carbonyl (C=O) groups is 1. The van der Waals surface area contributed by atoms with E-state index < -0.39 is 0 Å². The fraction of sp³-hybridized carbons (Fsp3) is 0.333. The number of hydrogen-bond donors (Lipinski definition) is 0. The van der Waals surface area contributed by atoms with Gasteiger partial charge < -0.3 is 9.64 Å². The van der Waals surface area contributed by atoms with Crippen molar-refractivity contribution in [2.45, 2.75) is 13.3 Å². The number of fused-ring (bicyclic) bond motifs is 1. The number of para-hydroxylation sites is 1. The Bertz CT molecular complexity index is 919. The summed E-state index contributed by atoms with van der Waals surface area (Å²) in [6.45, 7) is 3.59. The van der Waals surface area contributed by atoms with Crippen molar-refractivity contribution in [3.63, 3.8) is 0 Å². The van der Waals surface area contributed by atoms with Crippen molar-refractivity contribution in [2.24, 2.45) is 0 Å². The van der Waals surface area contributed by atoms with Crippen LogP contribution >= 0.6 is 11.3 Å². The van der Waals surface area contributed by atoms with Gasteiger partial charge in [0.05, 0.1) is 17.3 Å². The molecule has 0 saturated heterocycles. The van der Waals surface area contributed by atoms with Gasteiger partial charge in [-0.05, 0) is 69.9 Å². The van der Waals surface area contributed by atoms with Gasteiger partial charge in [0.15, 0.2) is 5.13 Å². The van der Waals surface area contributed by atoms with Crippen LogP contribution in [-0.2, 0) is 0 Å². The number of nitrogens with zero attached hydrogens (tertiary/aromatic N) is 3. The van der Waals surface area contributed by atoms with E-state index in [1.807, 2.05) is 45.3 Å². The summed E-state index contributed by atoms with van der Waals surface area (Å²) in [5.74, 6) is 0.703. The lowest BCUT2D eigenvalue weighted by atomic mass is 10.2. The third-order valence-corrected chi connectivity index (χ3v) is 5.45. The lowest BCUT2D eigenvalue weighted by molar-refractivity contribution is 0.0986. The number of rotatable bonds is 7. The molecule has 0 N–H and O–H groups in total. The van der Waals surface area contributed by atoms with Crippen molar-refractivity contribution in [1.82, 2.24) is 9.88 Å². The molecule has 0 radical (unpaired) electrons. The highest BCUT2D eigenvalue weighted by molar-refractivity contribution is 7.22. The maximum absolute atomic E-state index is 13.2. The molecule has 142 valence electrons. The predicted molar refractivity (Wildman–Crippen MR) is 112 cm³/mol. The second-order valence-corrected chi connectivity index (χ2v) is 7.77. The molecule has 2 aromatic carbocycles. The second kappa shape index (κ2) is 8.50. The summed E-state index contributed by atoms with van der Waals surface area (Å²) in [5.41, 5.74) is 2.73. The van der Waals surface area contributed by atoms with Crippen LogP contribution in [0.5, 0.6) is 5.75 Å². The zero-order valence-corrected chi connectivity index (χ0v) is 17.0. The van der Waals surface area contributed by atoms with E-state index in [2.05, 4.69) is 11.0 Å². The van der Waals surface area contributed by atoms with Crippen molar-refractivity contribution in [3.8, 4) is 5.75 Å². The fourth-order valence-corrected chi connectivity index (χ4v) is 3.98. The molecule has 5 nitrogen and oxygen atoms in total. The molecule has 0 spiro atoms. The fourth-order valence-electron chi connectivity index (χ4n) is 2.91. The quantitative estimate of drug-likeness (QED) is 0.613. The Labute approximate surface area is 164 Å². The minimum atomic E-state index is -0.0341. The van der Waals surface area contributed by atoms with Crippen LogP contribution in [0, 0.1) is 6.92 Å². The van der Waals surface area contributed by atoms with Crippen LogP contribution in [-0.4, -0.2) is 50.1 Å². The van der Waals surface area contributed by atoms with Crippen LogP contribution in [0.2, 0.25) is 0 Å². The highest BCUT2D eigenvalue weighted by atomic mass is 32.1. The van der Waals surface area contributed by atoms with Crippen LogP contribution in [0.3, 0.4) is 0 Å². The Balaban J connectivity index is 1.93. The van der Waals surface area contributed by atoms with Crippen molar-refractivity contribution in [3.05, 3.63) is 53.6 Å². The summed E-state index contributed by atoms with van der Waals surface area (Å²) in [7, 11) is 5.70. The number of anilines is 1. The molecule has 0 fully saturated rings. The maximum Gasteiger partial charge on any atom is 0.260 e. The Hall–Kier alpha value is -2.44. The first-order valence-corrected chi connectivity index (χ1v) is 9.78. The van der Waals surface area contributed by atoms with Gasteiger partial charge in [0.2, 0.25) is 0 Å². The third-order valence-electron chi connectivity index (χ3n) is 4.41. The van der Waals surface area contributed by atoms with Crippen LogP contribution in [0.4, 0.5) is 5.13 Å². The minimum Gasteiger partial charge on any atom is -0.497 e. The van der Waals surface area contributed by atoms with Gasteiger partial charge in [-0.25, -0.2) is 4.98 Å². The average molecular weight is 384 g/mol. The SMILES string of the molecule is COc1ccc(C(=O)N(CCCN(C)C)c2nc3c(C)cccc3s2)cc1. The number of amides is 1. The summed E-state index contributed by atoms with van der Waals surface area (Å²) < 4.78 is 6.30. The molecular weight excluding hydrogens is 358 g/mol. The van der Waals surface area contributed by atoms with Gasteiger partial charge in [-0.1, -0.05) is 23.5 Å². The normalized spacial score (nSPS) is 11.1. The number of ether oxygens (including phenoxy) is 1. The van der Waals surface area contributed by atoms with E-state index in [-0.39, 0.29) is 5.91 Å². The predicted octanol–water partition coefficient (Wildman–Crippen LogP) is 4.21. The van der Waals surface area contributed by atoms with Gasteiger partial charge in [-0.2, -0.15) is 0 Å². The van der Waals surface area contributed by atoms with E-state index in [4.69, 9.17) is 9.72 Å². The monoisotopic (exact) mass is 383 g/mol. The number of hydrogen-bond acceptors (Lipinski definition) is 5. The first-order chi connectivity index (χ1) is 13.0. The highest BCUT2D eigenvalue weighted by Crippen LogP contribution is 2.31. The molecule has 27 heavy (non-hydrogen) atoms. The smallest absolute Gasteiger partial charge is 0.260 e. The molecule has 0 saturated carbocycles. The van der Waals surface area contributed by atoms with Crippen molar-refractivity contribution in [2.75, 3.05) is 39.2 Å². The topological polar surface area (TPSA) is 45.7 Å². The third kappa shape index (κ3) is 4.46. The Morgan fingerprint density at radius 2 is 1.85 bits per heavy atom. The Kier molecular flexibility index (Phi) is 6.08. The van der Waals surface area contributed by atoms with E-state index >= 15 is 0 Å². The Morgan fingerprint density at radius 1 is 1.11 bits per heavy atom. The molecule has 0 unspecified atom stereocenters. The lowest BCUT2D eigenvalue weighted by Gasteiger charge is -2.21. The zero-order valence-electron chi connectivity index (χ0n) is 16.2. The standard InChI is InChI=1S/C21H25N3O2S/c1-15-7-5-8-18-19(15)22-21(27-18)24(14-6-13-23(2)3)20(25)16-9-11-17(26-4)12-10-16/h5,7-12H,6,13-14H2,1-4H3. The number of benzene rings is 2. The second-order valence-electron chi connectivity index (χ2n) is 6.76. The molecule has 0 atom stereocenters. The Morgan fingerprint density at radius 3 is 2.48 bits per heavy atom. The van der Waals surface area contributed by atoms with Crippen LogP contribution in [0.15, 0.2) is 42.5 Å². The molecule has 0 bridgehead atoms. The van der Waals surface area contributed by atoms with Crippen LogP contribution in [0.25, 0.3) is 10.2 Å². The largest absolute Gasteiger partial charge is 0.497 e. The average Bonchev–Trinajstić information content (AvgIpc) is 3.10. The van der Waals surface area contributed by atoms with Crippen molar-refractivity contribution in [1.29, 1.82) is 0 Å². The number of aryl methyl sites for hydroxylation is 1. The molecule has 0 aliphatic rings. The molecule has 1 amide bonds. The van der Waals surface area contributed by atoms with Crippen molar-refractivity contribution >= 4 is 32.6 Å². The summed E-state index contributed by atoms with van der Waals surface area (Å²) in [4.78, 5) is 21.9.